The first-order valence-electron chi connectivity index (χ1n) is 6.75. The highest BCUT2D eigenvalue weighted by atomic mass is 16.5. The van der Waals surface area contributed by atoms with Gasteiger partial charge in [-0.1, -0.05) is 0 Å². The number of hydrogen-bond donors (Lipinski definition) is 2. The Kier molecular flexibility index (Phi) is 7.60. The molecule has 0 aliphatic heterocycles. The first kappa shape index (κ1) is 16.4. The number of methoxy groups -OCH3 is 1. The molecule has 1 amide bonds. The number of nitrogens with one attached hydrogen (secondary N) is 2. The Hall–Kier alpha value is -1.66. The average molecular weight is 280 g/mol. The molecule has 6 nitrogen and oxygen atoms in total. The first-order chi connectivity index (χ1) is 9.63. The second kappa shape index (κ2) is 9.28. The standard InChI is InChI=1S/C14H24N4O2/c1-18(2)9-4-7-16-14(19)12-5-6-13(17-11-12)15-8-10-20-3/h5-6,11H,4,7-10H2,1-3H3,(H,15,17)(H,16,19). The highest BCUT2D eigenvalue weighted by Crippen LogP contribution is 2.04. The Balaban J connectivity index is 2.33. The summed E-state index contributed by atoms with van der Waals surface area (Å²) in [6, 6.07) is 3.56. The Morgan fingerprint density at radius 1 is 1.35 bits per heavy atom. The van der Waals surface area contributed by atoms with Crippen LogP contribution in [-0.2, 0) is 4.74 Å². The van der Waals surface area contributed by atoms with Crippen LogP contribution in [0.1, 0.15) is 16.8 Å². The fraction of sp³-hybridized carbons (Fsp3) is 0.571. The summed E-state index contributed by atoms with van der Waals surface area (Å²) in [6.45, 7) is 2.95. The average Bonchev–Trinajstić information content (AvgIpc) is 2.44. The molecule has 0 saturated heterocycles. The monoisotopic (exact) mass is 280 g/mol. The molecule has 0 unspecified atom stereocenters. The van der Waals surface area contributed by atoms with Crippen LogP contribution in [0, 0.1) is 0 Å². The number of amides is 1. The quantitative estimate of drug-likeness (QED) is 0.656. The van der Waals surface area contributed by atoms with E-state index >= 15 is 0 Å². The van der Waals surface area contributed by atoms with Crippen molar-refractivity contribution in [2.24, 2.45) is 0 Å². The lowest BCUT2D eigenvalue weighted by Crippen LogP contribution is -2.27. The number of carbonyl (C=O) groups is 1. The molecule has 1 aromatic rings. The summed E-state index contributed by atoms with van der Waals surface area (Å²) in [6.07, 6.45) is 2.51. The van der Waals surface area contributed by atoms with Crippen LogP contribution in [0.4, 0.5) is 5.82 Å². The summed E-state index contributed by atoms with van der Waals surface area (Å²) < 4.78 is 4.94. The molecular formula is C14H24N4O2. The number of carbonyl (C=O) groups excluding carboxylic acids is 1. The SMILES string of the molecule is COCCNc1ccc(C(=O)NCCCN(C)C)cn1. The number of nitrogens with zero attached hydrogens (tertiary/aromatic N) is 2. The van der Waals surface area contributed by atoms with E-state index in [9.17, 15) is 4.79 Å². The van der Waals surface area contributed by atoms with Gasteiger partial charge in [-0.25, -0.2) is 4.98 Å². The summed E-state index contributed by atoms with van der Waals surface area (Å²) >= 11 is 0. The molecule has 0 radical (unpaired) electrons. The van der Waals surface area contributed by atoms with Crippen molar-refractivity contribution in [1.82, 2.24) is 15.2 Å². The fourth-order valence-corrected chi connectivity index (χ4v) is 1.61. The van der Waals surface area contributed by atoms with E-state index < -0.39 is 0 Å². The largest absolute Gasteiger partial charge is 0.383 e. The van der Waals surface area contributed by atoms with Gasteiger partial charge >= 0.3 is 0 Å². The molecule has 6 heteroatoms. The van der Waals surface area contributed by atoms with Crippen molar-refractivity contribution < 1.29 is 9.53 Å². The number of hydrogen-bond acceptors (Lipinski definition) is 5. The van der Waals surface area contributed by atoms with Crippen LogP contribution in [0.15, 0.2) is 18.3 Å². The van der Waals surface area contributed by atoms with E-state index in [2.05, 4.69) is 20.5 Å². The minimum absolute atomic E-state index is 0.0836. The lowest BCUT2D eigenvalue weighted by molar-refractivity contribution is 0.0952. The zero-order valence-electron chi connectivity index (χ0n) is 12.5. The summed E-state index contributed by atoms with van der Waals surface area (Å²) in [7, 11) is 5.68. The van der Waals surface area contributed by atoms with Gasteiger partial charge in [0.2, 0.25) is 0 Å². The maximum absolute atomic E-state index is 11.9. The number of ether oxygens (including phenoxy) is 1. The Labute approximate surface area is 120 Å². The molecule has 1 rings (SSSR count). The van der Waals surface area contributed by atoms with Crippen LogP contribution in [0.3, 0.4) is 0 Å². The molecule has 0 saturated carbocycles. The topological polar surface area (TPSA) is 66.5 Å². The molecule has 20 heavy (non-hydrogen) atoms. The lowest BCUT2D eigenvalue weighted by atomic mass is 10.2. The summed E-state index contributed by atoms with van der Waals surface area (Å²) in [5.41, 5.74) is 0.576. The van der Waals surface area contributed by atoms with Crippen LogP contribution >= 0.6 is 0 Å². The summed E-state index contributed by atoms with van der Waals surface area (Å²) in [5.74, 6) is 0.658. The molecule has 0 aromatic carbocycles. The van der Waals surface area contributed by atoms with Crippen LogP contribution in [0.25, 0.3) is 0 Å². The molecule has 2 N–H and O–H groups in total. The Morgan fingerprint density at radius 3 is 2.75 bits per heavy atom. The van der Waals surface area contributed by atoms with Crippen molar-refractivity contribution in [2.45, 2.75) is 6.42 Å². The van der Waals surface area contributed by atoms with E-state index in [0.717, 1.165) is 18.8 Å². The van der Waals surface area contributed by atoms with Crippen molar-refractivity contribution in [3.63, 3.8) is 0 Å². The Bertz CT molecular complexity index is 393. The normalized spacial score (nSPS) is 10.6. The van der Waals surface area contributed by atoms with Gasteiger partial charge in [0.25, 0.3) is 5.91 Å². The van der Waals surface area contributed by atoms with Crippen LogP contribution in [-0.4, -0.2) is 63.2 Å². The van der Waals surface area contributed by atoms with Gasteiger partial charge in [-0.15, -0.1) is 0 Å². The Morgan fingerprint density at radius 2 is 2.15 bits per heavy atom. The predicted octanol–water partition coefficient (Wildman–Crippen LogP) is 0.821. The molecule has 0 spiro atoms. The summed E-state index contributed by atoms with van der Waals surface area (Å²) in [5, 5.41) is 5.98. The van der Waals surface area contributed by atoms with Gasteiger partial charge in [0, 0.05) is 26.4 Å². The molecule has 0 aliphatic rings. The lowest BCUT2D eigenvalue weighted by Gasteiger charge is -2.10. The van der Waals surface area contributed by atoms with E-state index in [-0.39, 0.29) is 5.91 Å². The van der Waals surface area contributed by atoms with E-state index in [1.807, 2.05) is 14.1 Å². The predicted molar refractivity (Wildman–Crippen MR) is 80.1 cm³/mol. The molecular weight excluding hydrogens is 256 g/mol. The number of rotatable bonds is 9. The van der Waals surface area contributed by atoms with Gasteiger partial charge in [-0.3, -0.25) is 4.79 Å². The van der Waals surface area contributed by atoms with Crippen LogP contribution < -0.4 is 10.6 Å². The smallest absolute Gasteiger partial charge is 0.252 e. The molecule has 1 aromatic heterocycles. The first-order valence-corrected chi connectivity index (χ1v) is 6.75. The zero-order valence-corrected chi connectivity index (χ0v) is 12.5. The van der Waals surface area contributed by atoms with Gasteiger partial charge < -0.3 is 20.3 Å². The van der Waals surface area contributed by atoms with Crippen molar-refractivity contribution >= 4 is 11.7 Å². The van der Waals surface area contributed by atoms with Crippen molar-refractivity contribution in [3.05, 3.63) is 23.9 Å². The van der Waals surface area contributed by atoms with Gasteiger partial charge in [-0.2, -0.15) is 0 Å². The molecule has 0 atom stereocenters. The third-order valence-corrected chi connectivity index (χ3v) is 2.71. The maximum atomic E-state index is 11.9. The molecule has 1 heterocycles. The molecule has 112 valence electrons. The second-order valence-corrected chi connectivity index (χ2v) is 4.76. The minimum atomic E-state index is -0.0836. The van der Waals surface area contributed by atoms with Gasteiger partial charge in [-0.05, 0) is 39.2 Å². The third kappa shape index (κ3) is 6.49. The van der Waals surface area contributed by atoms with E-state index in [1.54, 1.807) is 25.4 Å². The van der Waals surface area contributed by atoms with Gasteiger partial charge in [0.15, 0.2) is 0 Å². The molecule has 0 fully saturated rings. The van der Waals surface area contributed by atoms with Gasteiger partial charge in [0.05, 0.1) is 12.2 Å². The van der Waals surface area contributed by atoms with E-state index in [4.69, 9.17) is 4.74 Å². The molecule has 0 bridgehead atoms. The minimum Gasteiger partial charge on any atom is -0.383 e. The zero-order chi connectivity index (χ0) is 14.8. The van der Waals surface area contributed by atoms with Crippen molar-refractivity contribution in [2.75, 3.05) is 52.8 Å². The van der Waals surface area contributed by atoms with E-state index in [0.29, 0.717) is 25.3 Å². The summed E-state index contributed by atoms with van der Waals surface area (Å²) in [4.78, 5) is 18.1. The maximum Gasteiger partial charge on any atom is 0.252 e. The molecule has 0 aliphatic carbocycles. The highest BCUT2D eigenvalue weighted by molar-refractivity contribution is 5.93. The second-order valence-electron chi connectivity index (χ2n) is 4.76. The van der Waals surface area contributed by atoms with Crippen molar-refractivity contribution in [1.29, 1.82) is 0 Å². The fourth-order valence-electron chi connectivity index (χ4n) is 1.61. The van der Waals surface area contributed by atoms with Crippen LogP contribution in [0.2, 0.25) is 0 Å². The number of aromatic nitrogens is 1. The van der Waals surface area contributed by atoms with Gasteiger partial charge in [0.1, 0.15) is 5.82 Å². The van der Waals surface area contributed by atoms with Crippen LogP contribution in [0.5, 0.6) is 0 Å². The van der Waals surface area contributed by atoms with Crippen molar-refractivity contribution in [3.8, 4) is 0 Å². The third-order valence-electron chi connectivity index (χ3n) is 2.71. The van der Waals surface area contributed by atoms with E-state index in [1.165, 1.54) is 0 Å². The highest BCUT2D eigenvalue weighted by Gasteiger charge is 2.05. The number of anilines is 1. The number of pyridine rings is 1.